The van der Waals surface area contributed by atoms with Gasteiger partial charge >= 0.3 is 0 Å². The van der Waals surface area contributed by atoms with Gasteiger partial charge in [-0.3, -0.25) is 0 Å². The van der Waals surface area contributed by atoms with Gasteiger partial charge in [-0.2, -0.15) is 0 Å². The second-order valence-electron chi connectivity index (χ2n) is 15.8. The minimum absolute atomic E-state index is 0.493. The van der Waals surface area contributed by atoms with Crippen LogP contribution in [0.15, 0.2) is 200 Å². The van der Waals surface area contributed by atoms with Crippen LogP contribution >= 0.6 is 0 Å². The summed E-state index contributed by atoms with van der Waals surface area (Å²) in [4.78, 5) is 15.1. The molecule has 272 valence electrons. The minimum Gasteiger partial charge on any atom is -0.208 e. The maximum Gasteiger partial charge on any atom is 0.164 e. The van der Waals surface area contributed by atoms with E-state index in [0.717, 1.165) is 27.8 Å². The molecule has 0 fully saturated rings. The molecule has 0 radical (unpaired) electrons. The number of aromatic nitrogens is 3. The predicted molar refractivity (Wildman–Crippen MR) is 240 cm³/mol. The highest BCUT2D eigenvalue weighted by atomic mass is 15.0. The molecule has 0 saturated heterocycles. The van der Waals surface area contributed by atoms with Crippen molar-refractivity contribution in [3.8, 4) is 89.8 Å². The maximum absolute atomic E-state index is 5.07. The van der Waals surface area contributed by atoms with Crippen LogP contribution in [0.3, 0.4) is 0 Å². The van der Waals surface area contributed by atoms with E-state index in [-0.39, 0.29) is 0 Å². The Labute approximate surface area is 342 Å². The van der Waals surface area contributed by atoms with E-state index in [4.69, 9.17) is 15.0 Å². The summed E-state index contributed by atoms with van der Waals surface area (Å²) in [5, 5.41) is 2.69. The number of nitrogens with zero attached hydrogens (tertiary/aromatic N) is 3. The molecule has 1 aromatic heterocycles. The van der Waals surface area contributed by atoms with Crippen molar-refractivity contribution in [3.63, 3.8) is 0 Å². The molecule has 0 saturated carbocycles. The number of rotatable bonds is 4. The van der Waals surface area contributed by atoms with E-state index in [1.807, 2.05) is 36.4 Å². The number of hydrogen-bond donors (Lipinski definition) is 0. The van der Waals surface area contributed by atoms with E-state index in [1.54, 1.807) is 0 Å². The monoisotopic (exact) mass is 747 g/mol. The summed E-state index contributed by atoms with van der Waals surface area (Å²) in [6.07, 6.45) is 0. The molecule has 0 N–H and O–H groups in total. The summed E-state index contributed by atoms with van der Waals surface area (Å²) >= 11 is 0. The van der Waals surface area contributed by atoms with Gasteiger partial charge in [0.2, 0.25) is 0 Å². The van der Waals surface area contributed by atoms with Gasteiger partial charge in [0, 0.05) is 16.7 Å². The van der Waals surface area contributed by atoms with Gasteiger partial charge in [0.1, 0.15) is 0 Å². The van der Waals surface area contributed by atoms with Crippen molar-refractivity contribution in [3.05, 3.63) is 222 Å². The Morgan fingerprint density at radius 3 is 1.47 bits per heavy atom. The third-order valence-corrected chi connectivity index (χ3v) is 12.9. The van der Waals surface area contributed by atoms with E-state index in [1.165, 1.54) is 77.5 Å². The normalized spacial score (nSPS) is 14.8. The number of fused-ring (bicyclic) bond motifs is 14. The molecule has 1 spiro atoms. The average Bonchev–Trinajstić information content (AvgIpc) is 3.92. The molecule has 1 atom stereocenters. The third-order valence-electron chi connectivity index (χ3n) is 12.9. The minimum atomic E-state index is -0.493. The van der Waals surface area contributed by atoms with Gasteiger partial charge in [0.15, 0.2) is 17.5 Å². The van der Waals surface area contributed by atoms with Crippen LogP contribution in [0.1, 0.15) is 22.3 Å². The Bertz CT molecular complexity index is 3330. The first kappa shape index (κ1) is 32.3. The molecule has 9 aromatic carbocycles. The summed E-state index contributed by atoms with van der Waals surface area (Å²) in [6, 6.07) is 72.7. The predicted octanol–water partition coefficient (Wildman–Crippen LogP) is 13.7. The van der Waals surface area contributed by atoms with Gasteiger partial charge < -0.3 is 0 Å². The van der Waals surface area contributed by atoms with Crippen LogP contribution < -0.4 is 0 Å². The van der Waals surface area contributed by atoms with Crippen molar-refractivity contribution in [2.45, 2.75) is 5.41 Å². The molecule has 0 aliphatic heterocycles. The van der Waals surface area contributed by atoms with Crippen molar-refractivity contribution >= 4 is 10.8 Å². The largest absolute Gasteiger partial charge is 0.208 e. The second-order valence-corrected chi connectivity index (χ2v) is 15.8. The molecule has 59 heavy (non-hydrogen) atoms. The molecule has 3 aliphatic rings. The van der Waals surface area contributed by atoms with Crippen molar-refractivity contribution in [1.82, 2.24) is 15.0 Å². The van der Waals surface area contributed by atoms with Gasteiger partial charge in [-0.1, -0.05) is 182 Å². The Hall–Kier alpha value is -7.75. The quantitative estimate of drug-likeness (QED) is 0.180. The van der Waals surface area contributed by atoms with E-state index in [9.17, 15) is 0 Å². The van der Waals surface area contributed by atoms with Crippen LogP contribution in [-0.2, 0) is 5.41 Å². The topological polar surface area (TPSA) is 38.7 Å². The highest BCUT2D eigenvalue weighted by Crippen LogP contribution is 2.66. The molecule has 1 unspecified atom stereocenters. The van der Waals surface area contributed by atoms with Crippen LogP contribution in [0.2, 0.25) is 0 Å². The zero-order valence-electron chi connectivity index (χ0n) is 31.9. The van der Waals surface area contributed by atoms with Crippen LogP contribution in [0.4, 0.5) is 0 Å². The number of benzene rings is 9. The first-order valence-electron chi connectivity index (χ1n) is 20.3. The fraction of sp³-hybridized carbons (Fsp3) is 0.0179. The van der Waals surface area contributed by atoms with Crippen LogP contribution in [0.5, 0.6) is 0 Å². The summed E-state index contributed by atoms with van der Waals surface area (Å²) in [5.41, 5.74) is 20.5. The Morgan fingerprint density at radius 1 is 0.271 bits per heavy atom. The summed E-state index contributed by atoms with van der Waals surface area (Å²) in [7, 11) is 0. The summed E-state index contributed by atoms with van der Waals surface area (Å²) in [5.74, 6) is 1.95. The van der Waals surface area contributed by atoms with Crippen LogP contribution in [-0.4, -0.2) is 15.0 Å². The molecule has 3 heteroatoms. The Morgan fingerprint density at radius 2 is 0.763 bits per heavy atom. The zero-order valence-corrected chi connectivity index (χ0v) is 31.9. The third kappa shape index (κ3) is 4.44. The van der Waals surface area contributed by atoms with Crippen molar-refractivity contribution in [2.75, 3.05) is 0 Å². The van der Waals surface area contributed by atoms with Gasteiger partial charge in [0.25, 0.3) is 0 Å². The molecule has 0 bridgehead atoms. The second kappa shape index (κ2) is 12.1. The molecule has 10 aromatic rings. The van der Waals surface area contributed by atoms with Crippen LogP contribution in [0.25, 0.3) is 101 Å². The van der Waals surface area contributed by atoms with Gasteiger partial charge in [-0.15, -0.1) is 0 Å². The van der Waals surface area contributed by atoms with Gasteiger partial charge in [0.05, 0.1) is 5.41 Å². The lowest BCUT2D eigenvalue weighted by Crippen LogP contribution is -2.26. The van der Waals surface area contributed by atoms with E-state index in [0.29, 0.717) is 17.5 Å². The highest BCUT2D eigenvalue weighted by molar-refractivity contribution is 6.21. The highest BCUT2D eigenvalue weighted by Gasteiger charge is 2.52. The fourth-order valence-corrected chi connectivity index (χ4v) is 10.4. The molecule has 13 rings (SSSR count). The van der Waals surface area contributed by atoms with E-state index < -0.39 is 5.41 Å². The Kier molecular flexibility index (Phi) is 6.65. The first-order valence-corrected chi connectivity index (χ1v) is 20.3. The standard InChI is InChI=1S/C56H33N3/c1-3-15-34(16-4-1)53-57-54(35-17-5-2-6-18-35)59-55(58-53)38-20-13-19-36(31-38)37-29-30-42-41-23-9-11-27-47(41)56(49(42)32-37)48-28-12-10-24-44(48)52-45-26-14-25-43-39-21-7-8-22-40(39)46(51(43)45)33-50(52)56/h1-33H. The SMILES string of the molecule is c1ccc(-c2nc(-c3ccccc3)nc(-c3cccc(-c4ccc5c(c4)C4(c6ccccc6-5)c5ccccc5-c5c4cc4c6c(cccc56)-c5ccccc5-4)c3)n2)cc1. The number of hydrogen-bond acceptors (Lipinski definition) is 3. The fourth-order valence-electron chi connectivity index (χ4n) is 10.4. The lowest BCUT2D eigenvalue weighted by atomic mass is 9.69. The van der Waals surface area contributed by atoms with E-state index in [2.05, 4.69) is 164 Å². The molecule has 0 amide bonds. The summed E-state index contributed by atoms with van der Waals surface area (Å²) < 4.78 is 0. The average molecular weight is 748 g/mol. The van der Waals surface area contributed by atoms with Crippen molar-refractivity contribution in [1.29, 1.82) is 0 Å². The lowest BCUT2D eigenvalue weighted by Gasteiger charge is -2.31. The Balaban J connectivity index is 1.03. The molecular weight excluding hydrogens is 715 g/mol. The molecular formula is C56H33N3. The molecule has 1 heterocycles. The first-order chi connectivity index (χ1) is 29.3. The lowest BCUT2D eigenvalue weighted by molar-refractivity contribution is 0.795. The van der Waals surface area contributed by atoms with Crippen molar-refractivity contribution < 1.29 is 0 Å². The smallest absolute Gasteiger partial charge is 0.164 e. The van der Waals surface area contributed by atoms with E-state index >= 15 is 0 Å². The molecule has 3 nitrogen and oxygen atoms in total. The van der Waals surface area contributed by atoms with Crippen molar-refractivity contribution in [2.24, 2.45) is 0 Å². The summed E-state index contributed by atoms with van der Waals surface area (Å²) in [6.45, 7) is 0. The molecule has 3 aliphatic carbocycles. The zero-order chi connectivity index (χ0) is 38.7. The van der Waals surface area contributed by atoms with Crippen LogP contribution in [0, 0.1) is 0 Å². The maximum atomic E-state index is 5.07. The van der Waals surface area contributed by atoms with Gasteiger partial charge in [-0.05, 0) is 107 Å². The van der Waals surface area contributed by atoms with Gasteiger partial charge in [-0.25, -0.2) is 15.0 Å².